The van der Waals surface area contributed by atoms with Gasteiger partial charge in [0.25, 0.3) is 0 Å². The molecular weight excluding hydrogens is 321 g/mol. The molecule has 0 amide bonds. The first-order chi connectivity index (χ1) is 9.69. The van der Waals surface area contributed by atoms with Gasteiger partial charge in [-0.25, -0.2) is 4.39 Å². The Morgan fingerprint density at radius 1 is 1.15 bits per heavy atom. The largest absolute Gasteiger partial charge is 0.489 e. The molecule has 0 aliphatic carbocycles. The molecule has 0 heterocycles. The van der Waals surface area contributed by atoms with Crippen molar-refractivity contribution in [2.75, 3.05) is 6.54 Å². The predicted molar refractivity (Wildman–Crippen MR) is 82.3 cm³/mol. The Morgan fingerprint density at radius 3 is 2.60 bits per heavy atom. The lowest BCUT2D eigenvalue weighted by Gasteiger charge is -2.10. The lowest BCUT2D eigenvalue weighted by Crippen LogP contribution is -2.12. The van der Waals surface area contributed by atoms with E-state index in [4.69, 9.17) is 4.74 Å². The van der Waals surface area contributed by atoms with Crippen molar-refractivity contribution in [3.63, 3.8) is 0 Å². The topological polar surface area (TPSA) is 21.3 Å². The maximum absolute atomic E-state index is 12.8. The highest BCUT2D eigenvalue weighted by molar-refractivity contribution is 9.10. The Labute approximate surface area is 127 Å². The standard InChI is InChI=1S/C16H17BrFNO/c1-2-19-10-13-9-15(7-8-16(13)17)20-11-12-3-5-14(18)6-4-12/h3-9,19H,2,10-11H2,1H3. The molecule has 0 fully saturated rings. The van der Waals surface area contributed by atoms with Crippen LogP contribution < -0.4 is 10.1 Å². The third kappa shape index (κ3) is 4.32. The highest BCUT2D eigenvalue weighted by Gasteiger charge is 2.03. The van der Waals surface area contributed by atoms with Gasteiger partial charge in [-0.3, -0.25) is 0 Å². The van der Waals surface area contributed by atoms with Crippen LogP contribution in [0.25, 0.3) is 0 Å². The summed E-state index contributed by atoms with van der Waals surface area (Å²) in [6.45, 7) is 4.23. The summed E-state index contributed by atoms with van der Waals surface area (Å²) >= 11 is 3.53. The molecule has 0 saturated heterocycles. The number of benzene rings is 2. The van der Waals surface area contributed by atoms with Crippen LogP contribution in [-0.2, 0) is 13.2 Å². The van der Waals surface area contributed by atoms with Crippen LogP contribution in [0, 0.1) is 5.82 Å². The molecule has 0 aromatic heterocycles. The average molecular weight is 338 g/mol. The van der Waals surface area contributed by atoms with Gasteiger partial charge in [0.1, 0.15) is 18.2 Å². The lowest BCUT2D eigenvalue weighted by atomic mass is 10.2. The van der Waals surface area contributed by atoms with Gasteiger partial charge in [-0.05, 0) is 48.0 Å². The molecule has 0 spiro atoms. The Balaban J connectivity index is 2.00. The van der Waals surface area contributed by atoms with Crippen molar-refractivity contribution in [3.05, 3.63) is 63.9 Å². The molecule has 2 nitrogen and oxygen atoms in total. The Hall–Kier alpha value is -1.39. The fourth-order valence-corrected chi connectivity index (χ4v) is 2.17. The SMILES string of the molecule is CCNCc1cc(OCc2ccc(F)cc2)ccc1Br. The van der Waals surface area contributed by atoms with Gasteiger partial charge >= 0.3 is 0 Å². The van der Waals surface area contributed by atoms with Gasteiger partial charge in [0.15, 0.2) is 0 Å². The first-order valence-corrected chi connectivity index (χ1v) is 7.34. The fraction of sp³-hybridized carbons (Fsp3) is 0.250. The minimum Gasteiger partial charge on any atom is -0.489 e. The molecule has 0 unspecified atom stereocenters. The lowest BCUT2D eigenvalue weighted by molar-refractivity contribution is 0.305. The van der Waals surface area contributed by atoms with Gasteiger partial charge in [0.05, 0.1) is 0 Å². The van der Waals surface area contributed by atoms with E-state index in [1.54, 1.807) is 12.1 Å². The van der Waals surface area contributed by atoms with E-state index < -0.39 is 0 Å². The van der Waals surface area contributed by atoms with E-state index in [0.717, 1.165) is 34.4 Å². The van der Waals surface area contributed by atoms with Crippen molar-refractivity contribution in [1.29, 1.82) is 0 Å². The zero-order chi connectivity index (χ0) is 14.4. The summed E-state index contributed by atoms with van der Waals surface area (Å²) in [5, 5.41) is 3.29. The van der Waals surface area contributed by atoms with Crippen molar-refractivity contribution in [2.24, 2.45) is 0 Å². The van der Waals surface area contributed by atoms with E-state index in [1.165, 1.54) is 12.1 Å². The minimum atomic E-state index is -0.231. The van der Waals surface area contributed by atoms with Crippen molar-refractivity contribution < 1.29 is 9.13 Å². The number of hydrogen-bond donors (Lipinski definition) is 1. The summed E-state index contributed by atoms with van der Waals surface area (Å²) in [6, 6.07) is 12.3. The highest BCUT2D eigenvalue weighted by Crippen LogP contribution is 2.23. The molecule has 2 aromatic rings. The van der Waals surface area contributed by atoms with Crippen LogP contribution in [0.2, 0.25) is 0 Å². The first kappa shape index (κ1) is 15.0. The molecule has 2 aromatic carbocycles. The van der Waals surface area contributed by atoms with Crippen LogP contribution in [0.5, 0.6) is 5.75 Å². The molecule has 0 radical (unpaired) electrons. The van der Waals surface area contributed by atoms with Crippen molar-refractivity contribution in [2.45, 2.75) is 20.1 Å². The fourth-order valence-electron chi connectivity index (χ4n) is 1.78. The maximum atomic E-state index is 12.8. The molecule has 0 atom stereocenters. The zero-order valence-electron chi connectivity index (χ0n) is 11.3. The van der Waals surface area contributed by atoms with E-state index in [9.17, 15) is 4.39 Å². The molecule has 0 aliphatic rings. The van der Waals surface area contributed by atoms with Gasteiger partial charge in [-0.15, -0.1) is 0 Å². The summed E-state index contributed by atoms with van der Waals surface area (Å²) in [7, 11) is 0. The number of rotatable bonds is 6. The van der Waals surface area contributed by atoms with E-state index in [2.05, 4.69) is 28.2 Å². The predicted octanol–water partition coefficient (Wildman–Crippen LogP) is 4.28. The number of hydrogen-bond acceptors (Lipinski definition) is 2. The van der Waals surface area contributed by atoms with Crippen LogP contribution >= 0.6 is 15.9 Å². The van der Waals surface area contributed by atoms with Crippen LogP contribution in [0.1, 0.15) is 18.1 Å². The van der Waals surface area contributed by atoms with Gasteiger partial charge < -0.3 is 10.1 Å². The van der Waals surface area contributed by atoms with Crippen LogP contribution in [-0.4, -0.2) is 6.54 Å². The summed E-state index contributed by atoms with van der Waals surface area (Å²) in [5.74, 6) is 0.579. The van der Waals surface area contributed by atoms with Crippen LogP contribution in [0.4, 0.5) is 4.39 Å². The molecule has 20 heavy (non-hydrogen) atoms. The van der Waals surface area contributed by atoms with E-state index >= 15 is 0 Å². The highest BCUT2D eigenvalue weighted by atomic mass is 79.9. The quantitative estimate of drug-likeness (QED) is 0.849. The second kappa shape index (κ2) is 7.41. The normalized spacial score (nSPS) is 10.6. The molecule has 0 saturated carbocycles. The van der Waals surface area contributed by atoms with E-state index in [-0.39, 0.29) is 5.82 Å². The summed E-state index contributed by atoms with van der Waals surface area (Å²) in [4.78, 5) is 0. The van der Waals surface area contributed by atoms with Gasteiger partial charge in [-0.1, -0.05) is 35.0 Å². The van der Waals surface area contributed by atoms with Crippen LogP contribution in [0.15, 0.2) is 46.9 Å². The number of nitrogens with one attached hydrogen (secondary N) is 1. The van der Waals surface area contributed by atoms with Gasteiger partial charge in [-0.2, -0.15) is 0 Å². The van der Waals surface area contributed by atoms with Gasteiger partial charge in [0, 0.05) is 11.0 Å². The maximum Gasteiger partial charge on any atom is 0.123 e. The van der Waals surface area contributed by atoms with E-state index in [1.807, 2.05) is 18.2 Å². The molecule has 0 bridgehead atoms. The molecular formula is C16H17BrFNO. The third-order valence-electron chi connectivity index (χ3n) is 2.90. The average Bonchev–Trinajstić information content (AvgIpc) is 2.46. The third-order valence-corrected chi connectivity index (χ3v) is 3.68. The molecule has 2 rings (SSSR count). The molecule has 0 aliphatic heterocycles. The van der Waals surface area contributed by atoms with E-state index in [0.29, 0.717) is 6.61 Å². The minimum absolute atomic E-state index is 0.231. The smallest absolute Gasteiger partial charge is 0.123 e. The van der Waals surface area contributed by atoms with Crippen LogP contribution in [0.3, 0.4) is 0 Å². The summed E-state index contributed by atoms with van der Waals surface area (Å²) in [5.41, 5.74) is 2.10. The Kier molecular flexibility index (Phi) is 5.56. The second-order valence-electron chi connectivity index (χ2n) is 4.45. The van der Waals surface area contributed by atoms with Crippen molar-refractivity contribution >= 4 is 15.9 Å². The number of halogens is 2. The Morgan fingerprint density at radius 2 is 1.90 bits per heavy atom. The summed E-state index contributed by atoms with van der Waals surface area (Å²) in [6.07, 6.45) is 0. The van der Waals surface area contributed by atoms with Gasteiger partial charge in [0.2, 0.25) is 0 Å². The number of ether oxygens (including phenoxy) is 1. The van der Waals surface area contributed by atoms with Crippen molar-refractivity contribution in [1.82, 2.24) is 5.32 Å². The molecule has 1 N–H and O–H groups in total. The Bertz CT molecular complexity index is 557. The zero-order valence-corrected chi connectivity index (χ0v) is 12.9. The second-order valence-corrected chi connectivity index (χ2v) is 5.30. The first-order valence-electron chi connectivity index (χ1n) is 6.55. The monoisotopic (exact) mass is 337 g/mol. The van der Waals surface area contributed by atoms with Crippen molar-refractivity contribution in [3.8, 4) is 5.75 Å². The molecule has 4 heteroatoms. The summed E-state index contributed by atoms with van der Waals surface area (Å²) < 4.78 is 19.6. The molecule has 106 valence electrons.